The molecule has 0 radical (unpaired) electrons. The van der Waals surface area contributed by atoms with E-state index in [4.69, 9.17) is 0 Å². The third-order valence-electron chi connectivity index (χ3n) is 3.69. The number of nitrogens with zero attached hydrogens (tertiary/aromatic N) is 2. The monoisotopic (exact) mass is 396 g/mol. The zero-order chi connectivity index (χ0) is 21.6. The van der Waals surface area contributed by atoms with Crippen LogP contribution in [0.2, 0.25) is 0 Å². The van der Waals surface area contributed by atoms with E-state index in [2.05, 4.69) is 23.8 Å². The molecule has 1 heterocycles. The lowest BCUT2D eigenvalue weighted by atomic mass is 10.3. The summed E-state index contributed by atoms with van der Waals surface area (Å²) in [4.78, 5) is 60.1. The number of amides is 6. The average Bonchev–Trinajstić information content (AvgIpc) is 2.81. The van der Waals surface area contributed by atoms with Crippen LogP contribution in [-0.2, 0) is 19.2 Å². The molecule has 154 valence electrons. The van der Waals surface area contributed by atoms with Crippen LogP contribution in [0.5, 0.6) is 0 Å². The first-order valence-corrected chi connectivity index (χ1v) is 8.36. The number of imide groups is 2. The van der Waals surface area contributed by atoms with Gasteiger partial charge in [0.15, 0.2) is 0 Å². The minimum absolute atomic E-state index is 0.217. The first-order chi connectivity index (χ1) is 13.0. The number of hydrogen-bond acceptors (Lipinski definition) is 7. The van der Waals surface area contributed by atoms with Crippen molar-refractivity contribution in [2.75, 3.05) is 26.2 Å². The molecule has 1 fully saturated rings. The van der Waals surface area contributed by atoms with Gasteiger partial charge in [-0.3, -0.25) is 29.0 Å². The molecule has 4 N–H and O–H groups in total. The molecule has 0 aliphatic carbocycles. The smallest absolute Gasteiger partial charge is 0.334 e. The summed E-state index contributed by atoms with van der Waals surface area (Å²) in [6.45, 7) is 8.24. The number of β-amino-alcohol motifs (C(OH)–C–C–N with tert-alkyl or cyclic N) is 2. The summed E-state index contributed by atoms with van der Waals surface area (Å²) < 4.78 is 0. The molecular formula is C17H24N4O7. The van der Waals surface area contributed by atoms with Crippen LogP contribution in [0.15, 0.2) is 24.3 Å². The highest BCUT2D eigenvalue weighted by atomic mass is 16.3. The fraction of sp³-hybridized carbons (Fsp3) is 0.471. The van der Waals surface area contributed by atoms with E-state index in [1.165, 1.54) is 13.8 Å². The van der Waals surface area contributed by atoms with Crippen LogP contribution in [0.4, 0.5) is 4.79 Å². The Labute approximate surface area is 161 Å². The van der Waals surface area contributed by atoms with Crippen LogP contribution >= 0.6 is 0 Å². The van der Waals surface area contributed by atoms with E-state index in [0.29, 0.717) is 9.80 Å². The highest BCUT2D eigenvalue weighted by Gasteiger charge is 2.45. The van der Waals surface area contributed by atoms with Crippen molar-refractivity contribution in [3.8, 4) is 0 Å². The Morgan fingerprint density at radius 2 is 1.18 bits per heavy atom. The van der Waals surface area contributed by atoms with E-state index in [-0.39, 0.29) is 24.2 Å². The topological polar surface area (TPSA) is 156 Å². The van der Waals surface area contributed by atoms with Gasteiger partial charge in [0.05, 0.1) is 25.3 Å². The summed E-state index contributed by atoms with van der Waals surface area (Å²) in [7, 11) is 0. The Bertz CT molecular complexity index is 660. The van der Waals surface area contributed by atoms with Gasteiger partial charge in [-0.15, -0.1) is 0 Å². The van der Waals surface area contributed by atoms with Crippen molar-refractivity contribution in [1.29, 1.82) is 0 Å². The number of aliphatic hydroxyl groups excluding tert-OH is 2. The van der Waals surface area contributed by atoms with Crippen LogP contribution < -0.4 is 10.6 Å². The fourth-order valence-corrected chi connectivity index (χ4v) is 2.15. The van der Waals surface area contributed by atoms with Gasteiger partial charge in [0, 0.05) is 24.2 Å². The molecule has 0 saturated carbocycles. The molecule has 2 atom stereocenters. The normalized spacial score (nSPS) is 16.1. The molecule has 11 heteroatoms. The van der Waals surface area contributed by atoms with Gasteiger partial charge in [-0.05, 0) is 13.8 Å². The lowest BCUT2D eigenvalue weighted by Crippen LogP contribution is -2.45. The van der Waals surface area contributed by atoms with E-state index in [9.17, 15) is 34.2 Å². The minimum atomic E-state index is -1.30. The molecule has 0 bridgehead atoms. The van der Waals surface area contributed by atoms with Gasteiger partial charge in [-0.2, -0.15) is 0 Å². The molecular weight excluding hydrogens is 372 g/mol. The molecule has 0 aromatic rings. The molecule has 2 unspecified atom stereocenters. The van der Waals surface area contributed by atoms with Crippen molar-refractivity contribution < 1.29 is 34.2 Å². The number of hydrogen-bond donors (Lipinski definition) is 4. The molecule has 28 heavy (non-hydrogen) atoms. The van der Waals surface area contributed by atoms with Gasteiger partial charge in [-0.25, -0.2) is 4.79 Å². The molecule has 0 aromatic heterocycles. The van der Waals surface area contributed by atoms with Gasteiger partial charge in [0.1, 0.15) is 0 Å². The summed E-state index contributed by atoms with van der Waals surface area (Å²) in [5, 5.41) is 24.5. The second-order valence-electron chi connectivity index (χ2n) is 6.40. The molecule has 1 aliphatic rings. The Morgan fingerprint density at radius 1 is 0.857 bits per heavy atom. The van der Waals surface area contributed by atoms with Crippen molar-refractivity contribution >= 4 is 29.7 Å². The molecule has 0 spiro atoms. The maximum Gasteiger partial charge on any atom is 0.334 e. The number of carbonyl (C=O) groups is 5. The second kappa shape index (κ2) is 9.76. The van der Waals surface area contributed by atoms with Crippen molar-refractivity contribution in [2.45, 2.75) is 26.1 Å². The predicted octanol–water partition coefficient (Wildman–Crippen LogP) is -2.12. The van der Waals surface area contributed by atoms with Crippen molar-refractivity contribution in [3.63, 3.8) is 0 Å². The van der Waals surface area contributed by atoms with Gasteiger partial charge in [0.2, 0.25) is 11.8 Å². The second-order valence-corrected chi connectivity index (χ2v) is 6.40. The van der Waals surface area contributed by atoms with E-state index < -0.39 is 55.0 Å². The molecule has 11 nitrogen and oxygen atoms in total. The minimum Gasteiger partial charge on any atom is -0.389 e. The lowest BCUT2D eigenvalue weighted by Gasteiger charge is -2.20. The number of aliphatic hydroxyl groups is 2. The Balaban J connectivity index is 2.62. The molecule has 1 aliphatic heterocycles. The molecule has 1 rings (SSSR count). The first-order valence-electron chi connectivity index (χ1n) is 8.36. The Morgan fingerprint density at radius 3 is 1.46 bits per heavy atom. The van der Waals surface area contributed by atoms with Crippen LogP contribution in [0.3, 0.4) is 0 Å². The largest absolute Gasteiger partial charge is 0.389 e. The summed E-state index contributed by atoms with van der Waals surface area (Å²) in [5.41, 5.74) is 0.434. The third kappa shape index (κ3) is 5.99. The molecule has 1 saturated heterocycles. The summed E-state index contributed by atoms with van der Waals surface area (Å²) >= 11 is 0. The summed E-state index contributed by atoms with van der Waals surface area (Å²) in [6.07, 6.45) is -2.60. The summed E-state index contributed by atoms with van der Waals surface area (Å²) in [6, 6.07) is -1.01. The zero-order valence-corrected chi connectivity index (χ0v) is 15.7. The number of urea groups is 1. The number of nitrogens with one attached hydrogen (secondary N) is 2. The Kier molecular flexibility index (Phi) is 8.01. The highest BCUT2D eigenvalue weighted by Crippen LogP contribution is 2.13. The third-order valence-corrected chi connectivity index (χ3v) is 3.69. The molecule has 6 amide bonds. The standard InChI is InChI=1S/C17H24N4O7/c1-9(2)13(24)18-5-11(22)7-20-15(26)16(27)21(17(20)28)8-12(23)6-19-14(25)10(3)4/h11-12,22-23H,1,3,5-8H2,2,4H3,(H,18,24)(H,19,25). The van der Waals surface area contributed by atoms with Crippen molar-refractivity contribution in [1.82, 2.24) is 20.4 Å². The average molecular weight is 396 g/mol. The van der Waals surface area contributed by atoms with E-state index in [1.54, 1.807) is 0 Å². The van der Waals surface area contributed by atoms with E-state index >= 15 is 0 Å². The lowest BCUT2D eigenvalue weighted by molar-refractivity contribution is -0.144. The number of rotatable bonds is 10. The van der Waals surface area contributed by atoms with Crippen molar-refractivity contribution in [2.24, 2.45) is 0 Å². The van der Waals surface area contributed by atoms with E-state index in [1.807, 2.05) is 0 Å². The first kappa shape index (κ1) is 23.0. The van der Waals surface area contributed by atoms with Crippen LogP contribution in [0, 0.1) is 0 Å². The SMILES string of the molecule is C=C(C)C(=O)NCC(O)CN1C(=O)C(=O)N(CC(O)CNC(=O)C(=C)C)C1=O. The maximum atomic E-state index is 12.3. The summed E-state index contributed by atoms with van der Waals surface area (Å²) in [5.74, 6) is -3.33. The van der Waals surface area contributed by atoms with Gasteiger partial charge in [-0.1, -0.05) is 13.2 Å². The van der Waals surface area contributed by atoms with Crippen LogP contribution in [0.1, 0.15) is 13.8 Å². The fourth-order valence-electron chi connectivity index (χ4n) is 2.15. The Hall–Kier alpha value is -3.05. The predicted molar refractivity (Wildman–Crippen MR) is 96.5 cm³/mol. The van der Waals surface area contributed by atoms with Crippen LogP contribution in [-0.4, -0.2) is 88.1 Å². The zero-order valence-electron chi connectivity index (χ0n) is 15.7. The van der Waals surface area contributed by atoms with Crippen LogP contribution in [0.25, 0.3) is 0 Å². The molecule has 0 aromatic carbocycles. The quantitative estimate of drug-likeness (QED) is 0.187. The van der Waals surface area contributed by atoms with Crippen molar-refractivity contribution in [3.05, 3.63) is 24.3 Å². The van der Waals surface area contributed by atoms with Gasteiger partial charge >= 0.3 is 17.8 Å². The number of carbonyl (C=O) groups excluding carboxylic acids is 5. The van der Waals surface area contributed by atoms with E-state index in [0.717, 1.165) is 0 Å². The van der Waals surface area contributed by atoms with Gasteiger partial charge in [0.25, 0.3) is 0 Å². The maximum absolute atomic E-state index is 12.3. The highest BCUT2D eigenvalue weighted by molar-refractivity contribution is 6.44. The van der Waals surface area contributed by atoms with Gasteiger partial charge < -0.3 is 20.8 Å².